The van der Waals surface area contributed by atoms with Crippen molar-refractivity contribution in [2.24, 2.45) is 0 Å². The van der Waals surface area contributed by atoms with Gasteiger partial charge >= 0.3 is 0 Å². The Morgan fingerprint density at radius 1 is 1.19 bits per heavy atom. The molecule has 0 bridgehead atoms. The van der Waals surface area contributed by atoms with Crippen molar-refractivity contribution in [1.29, 1.82) is 0 Å². The van der Waals surface area contributed by atoms with E-state index in [0.29, 0.717) is 17.8 Å². The molecule has 6 heteroatoms. The molecule has 0 spiro atoms. The molecule has 0 fully saturated rings. The molecule has 0 radical (unpaired) electrons. The van der Waals surface area contributed by atoms with E-state index in [2.05, 4.69) is 4.98 Å². The first-order valence-corrected chi connectivity index (χ1v) is 6.55. The number of nitro benzene ring substituents is 1. The number of benzene rings is 2. The highest BCUT2D eigenvalue weighted by Gasteiger charge is 2.16. The summed E-state index contributed by atoms with van der Waals surface area (Å²) in [5.41, 5.74) is 8.26. The van der Waals surface area contributed by atoms with Crippen LogP contribution in [0.2, 0.25) is 0 Å². The molecule has 0 aliphatic rings. The summed E-state index contributed by atoms with van der Waals surface area (Å²) in [5, 5.41) is 12.4. The lowest BCUT2D eigenvalue weighted by Crippen LogP contribution is -2.08. The van der Waals surface area contributed by atoms with Gasteiger partial charge in [0.15, 0.2) is 0 Å². The number of hydrogen-bond acceptors (Lipinski definition) is 4. The topological polar surface area (TPSA) is 92.5 Å². The molecule has 21 heavy (non-hydrogen) atoms. The van der Waals surface area contributed by atoms with Crippen LogP contribution in [0.1, 0.15) is 6.92 Å². The van der Waals surface area contributed by atoms with Crippen molar-refractivity contribution >= 4 is 33.2 Å². The van der Waals surface area contributed by atoms with E-state index in [1.807, 2.05) is 25.1 Å². The first-order valence-electron chi connectivity index (χ1n) is 6.55. The number of nitrogens with zero attached hydrogens (tertiary/aromatic N) is 1. The van der Waals surface area contributed by atoms with Gasteiger partial charge in [-0.05, 0) is 25.1 Å². The van der Waals surface area contributed by atoms with Gasteiger partial charge in [-0.15, -0.1) is 0 Å². The number of pyridine rings is 1. The van der Waals surface area contributed by atoms with Gasteiger partial charge in [-0.1, -0.05) is 0 Å². The molecule has 0 aliphatic carbocycles. The predicted molar refractivity (Wildman–Crippen MR) is 80.2 cm³/mol. The van der Waals surface area contributed by atoms with E-state index in [1.54, 1.807) is 6.07 Å². The number of fused-ring (bicyclic) bond motifs is 2. The van der Waals surface area contributed by atoms with Crippen molar-refractivity contribution in [3.05, 3.63) is 46.5 Å². The van der Waals surface area contributed by atoms with Crippen LogP contribution in [-0.4, -0.2) is 11.5 Å². The number of aromatic nitrogens is 1. The molecule has 3 aromatic rings. The molecule has 0 saturated carbocycles. The molecule has 6 nitrogen and oxygen atoms in total. The molecule has 1 heterocycles. The maximum absolute atomic E-state index is 10.9. The van der Waals surface area contributed by atoms with Crippen molar-refractivity contribution in [2.75, 3.05) is 12.3 Å². The number of anilines is 1. The van der Waals surface area contributed by atoms with Gasteiger partial charge < -0.3 is 10.5 Å². The Hall–Kier alpha value is -2.89. The highest BCUT2D eigenvalue weighted by Crippen LogP contribution is 2.30. The van der Waals surface area contributed by atoms with Crippen molar-refractivity contribution in [3.63, 3.8) is 0 Å². The van der Waals surface area contributed by atoms with Gasteiger partial charge in [-0.3, -0.25) is 10.1 Å². The number of ether oxygens (including phenoxy) is 1. The third-order valence-electron chi connectivity index (χ3n) is 3.37. The molecule has 106 valence electrons. The van der Waals surface area contributed by atoms with Gasteiger partial charge in [0.25, 0.3) is 5.69 Å². The lowest BCUT2D eigenvalue weighted by atomic mass is 10.1. The number of nitrogens with one attached hydrogen (secondary N) is 1. The summed E-state index contributed by atoms with van der Waals surface area (Å²) in [6, 6.07) is 10.2. The second-order valence-electron chi connectivity index (χ2n) is 4.67. The minimum Gasteiger partial charge on any atom is -0.494 e. The Balaban J connectivity index is 2.29. The summed E-state index contributed by atoms with van der Waals surface area (Å²) in [5.74, 6) is 0.742. The van der Waals surface area contributed by atoms with Crippen molar-refractivity contribution < 1.29 is 14.6 Å². The zero-order chi connectivity index (χ0) is 15.0. The second-order valence-corrected chi connectivity index (χ2v) is 4.67. The maximum atomic E-state index is 10.9. The van der Waals surface area contributed by atoms with Crippen LogP contribution in [0.5, 0.6) is 5.75 Å². The Kier molecular flexibility index (Phi) is 3.06. The van der Waals surface area contributed by atoms with Gasteiger partial charge in [-0.2, -0.15) is 0 Å². The number of nitro groups is 1. The summed E-state index contributed by atoms with van der Waals surface area (Å²) < 4.78 is 5.47. The second kappa shape index (κ2) is 4.90. The van der Waals surface area contributed by atoms with Crippen molar-refractivity contribution in [3.8, 4) is 5.75 Å². The van der Waals surface area contributed by atoms with E-state index in [0.717, 1.165) is 22.0 Å². The zero-order valence-electron chi connectivity index (χ0n) is 11.4. The summed E-state index contributed by atoms with van der Waals surface area (Å²) in [4.78, 5) is 13.6. The van der Waals surface area contributed by atoms with Crippen LogP contribution < -0.4 is 15.5 Å². The lowest BCUT2D eigenvalue weighted by Gasteiger charge is -2.05. The third kappa shape index (κ3) is 2.20. The Morgan fingerprint density at radius 2 is 2.00 bits per heavy atom. The highest BCUT2D eigenvalue weighted by molar-refractivity contribution is 6.04. The summed E-state index contributed by atoms with van der Waals surface area (Å²) in [7, 11) is 0. The molecular formula is C15H14N3O3+. The van der Waals surface area contributed by atoms with Crippen molar-refractivity contribution in [1.82, 2.24) is 0 Å². The fourth-order valence-electron chi connectivity index (χ4n) is 2.39. The smallest absolute Gasteiger partial charge is 0.276 e. The van der Waals surface area contributed by atoms with E-state index >= 15 is 0 Å². The first-order chi connectivity index (χ1) is 10.1. The van der Waals surface area contributed by atoms with Gasteiger partial charge in [0.2, 0.25) is 11.0 Å². The first kappa shape index (κ1) is 13.1. The molecule has 2 aromatic carbocycles. The molecule has 0 amide bonds. The number of non-ortho nitro benzene ring substituents is 1. The van der Waals surface area contributed by atoms with Crippen LogP contribution in [0.4, 0.5) is 11.4 Å². The average Bonchev–Trinajstić information content (AvgIpc) is 2.48. The summed E-state index contributed by atoms with van der Waals surface area (Å²) in [6.45, 7) is 2.49. The SMILES string of the molecule is CCOc1ccc2[nH+]c3cc([N+](=O)[O-])ccc3c(N)c2c1. The van der Waals surface area contributed by atoms with E-state index in [-0.39, 0.29) is 5.69 Å². The van der Waals surface area contributed by atoms with Gasteiger partial charge in [-0.25, -0.2) is 4.98 Å². The molecule has 1 aromatic heterocycles. The van der Waals surface area contributed by atoms with Crippen LogP contribution in [0.25, 0.3) is 21.8 Å². The van der Waals surface area contributed by atoms with Crippen LogP contribution in [0.3, 0.4) is 0 Å². The van der Waals surface area contributed by atoms with Crippen LogP contribution in [0, 0.1) is 10.1 Å². The number of nitrogens with two attached hydrogens (primary N) is 1. The number of aromatic amines is 1. The maximum Gasteiger partial charge on any atom is 0.276 e. The molecule has 0 atom stereocenters. The minimum absolute atomic E-state index is 0.0310. The van der Waals surface area contributed by atoms with Crippen LogP contribution in [-0.2, 0) is 0 Å². The third-order valence-corrected chi connectivity index (χ3v) is 3.37. The van der Waals surface area contributed by atoms with Crippen LogP contribution in [0.15, 0.2) is 36.4 Å². The quantitative estimate of drug-likeness (QED) is 0.454. The monoisotopic (exact) mass is 284 g/mol. The Morgan fingerprint density at radius 3 is 2.71 bits per heavy atom. The molecule has 3 rings (SSSR count). The Labute approximate surface area is 120 Å². The summed E-state index contributed by atoms with van der Waals surface area (Å²) >= 11 is 0. The molecular weight excluding hydrogens is 270 g/mol. The number of hydrogen-bond donors (Lipinski definition) is 1. The molecule has 0 saturated heterocycles. The Bertz CT molecular complexity index is 862. The van der Waals surface area contributed by atoms with Gasteiger partial charge in [0.1, 0.15) is 5.75 Å². The fraction of sp³-hybridized carbons (Fsp3) is 0.133. The highest BCUT2D eigenvalue weighted by atomic mass is 16.6. The van der Waals surface area contributed by atoms with E-state index in [1.165, 1.54) is 12.1 Å². The largest absolute Gasteiger partial charge is 0.494 e. The van der Waals surface area contributed by atoms with Gasteiger partial charge in [0, 0.05) is 12.1 Å². The number of H-pyrrole nitrogens is 1. The van der Waals surface area contributed by atoms with Crippen LogP contribution >= 0.6 is 0 Å². The predicted octanol–water partition coefficient (Wildman–Crippen LogP) is 2.70. The summed E-state index contributed by atoms with van der Waals surface area (Å²) in [6.07, 6.45) is 0. The minimum atomic E-state index is -0.425. The number of rotatable bonds is 3. The van der Waals surface area contributed by atoms with E-state index in [9.17, 15) is 10.1 Å². The van der Waals surface area contributed by atoms with Gasteiger partial charge in [0.05, 0.1) is 34.1 Å². The average molecular weight is 284 g/mol. The molecule has 3 N–H and O–H groups in total. The normalized spacial score (nSPS) is 10.9. The van der Waals surface area contributed by atoms with Crippen molar-refractivity contribution in [2.45, 2.75) is 6.92 Å². The fourth-order valence-corrected chi connectivity index (χ4v) is 2.39. The lowest BCUT2D eigenvalue weighted by molar-refractivity contribution is -0.385. The standard InChI is InChI=1S/C15H13N3O3/c1-2-21-10-4-6-13-12(8-10)15(16)11-5-3-9(18(19)20)7-14(11)17-13/h3-8H,2H2,1H3,(H2,16,17)/p+1. The molecule has 0 unspecified atom stereocenters. The zero-order valence-corrected chi connectivity index (χ0v) is 11.4. The van der Waals surface area contributed by atoms with E-state index < -0.39 is 4.92 Å². The van der Waals surface area contributed by atoms with E-state index in [4.69, 9.17) is 10.5 Å². The molecule has 0 aliphatic heterocycles. The number of nitrogen functional groups attached to an aromatic ring is 1.